The number of methoxy groups -OCH3 is 1. The number of fused-ring (bicyclic) bond motifs is 1. The summed E-state index contributed by atoms with van der Waals surface area (Å²) in [4.78, 5) is 39.5. The number of benzene rings is 2. The Morgan fingerprint density at radius 1 is 1.18 bits per heavy atom. The molecule has 1 aliphatic rings. The number of furan rings is 1. The molecule has 0 saturated carbocycles. The molecule has 2 aromatic carbocycles. The van der Waals surface area contributed by atoms with Crippen molar-refractivity contribution in [2.24, 2.45) is 5.92 Å². The van der Waals surface area contributed by atoms with Crippen LogP contribution in [0.1, 0.15) is 43.7 Å². The van der Waals surface area contributed by atoms with Crippen LogP contribution in [0.4, 0.5) is 0 Å². The first-order valence-corrected chi connectivity index (χ1v) is 14.8. The van der Waals surface area contributed by atoms with Crippen LogP contribution in [0.5, 0.6) is 5.75 Å². The second-order valence-electron chi connectivity index (χ2n) is 10.1. The van der Waals surface area contributed by atoms with E-state index in [0.717, 1.165) is 4.31 Å². The van der Waals surface area contributed by atoms with Crippen molar-refractivity contribution in [3.05, 3.63) is 59.3 Å². The van der Waals surface area contributed by atoms with Gasteiger partial charge < -0.3 is 19.8 Å². The minimum absolute atomic E-state index is 0.0228. The number of halogens is 1. The first-order valence-electron chi connectivity index (χ1n) is 13.0. The molecule has 0 radical (unpaired) electrons. The van der Waals surface area contributed by atoms with Gasteiger partial charge in [-0.15, -0.1) is 0 Å². The van der Waals surface area contributed by atoms with Crippen LogP contribution in [0.15, 0.2) is 57.8 Å². The lowest BCUT2D eigenvalue weighted by molar-refractivity contribution is -0.129. The molecular weight excluding hydrogens is 558 g/mol. The van der Waals surface area contributed by atoms with Gasteiger partial charge in [-0.05, 0) is 61.6 Å². The van der Waals surface area contributed by atoms with Gasteiger partial charge in [-0.25, -0.2) is 8.42 Å². The number of carbonyl (C=O) groups is 3. The van der Waals surface area contributed by atoms with Gasteiger partial charge >= 0.3 is 0 Å². The maximum Gasteiger partial charge on any atom is 0.287 e. The van der Waals surface area contributed by atoms with Crippen LogP contribution < -0.4 is 15.4 Å². The number of hydrogen-bond donors (Lipinski definition) is 2. The maximum absolute atomic E-state index is 13.3. The van der Waals surface area contributed by atoms with Crippen LogP contribution in [0, 0.1) is 5.92 Å². The van der Waals surface area contributed by atoms with E-state index in [0.29, 0.717) is 34.6 Å². The Morgan fingerprint density at radius 2 is 1.90 bits per heavy atom. The summed E-state index contributed by atoms with van der Waals surface area (Å²) in [5.41, 5.74) is 0.419. The fourth-order valence-corrected chi connectivity index (χ4v) is 6.19. The Balaban J connectivity index is 1.45. The highest BCUT2D eigenvalue weighted by atomic mass is 35.5. The summed E-state index contributed by atoms with van der Waals surface area (Å²) in [6, 6.07) is 10.8. The standard InChI is InChI=1S/C28H32ClN3O7S/c1-17(2)14-22(31-28(35)25-15-18-6-4-8-24(38-3)26(18)39-25)27(34)30-21-7-5-13-32(16-23(21)33)40(36,37)20-11-9-19(29)10-12-20/h4,6,8-12,15,17,21-22H,5,7,13-14,16H2,1-3H3,(H,30,34)(H,31,35)/t21-,22?/m0/s1. The van der Waals surface area contributed by atoms with Gasteiger partial charge in [0, 0.05) is 17.0 Å². The summed E-state index contributed by atoms with van der Waals surface area (Å²) in [6.07, 6.45) is 0.952. The summed E-state index contributed by atoms with van der Waals surface area (Å²) in [5, 5.41) is 6.55. The largest absolute Gasteiger partial charge is 0.493 e. The number of sulfonamides is 1. The van der Waals surface area contributed by atoms with Crippen LogP contribution in [0.2, 0.25) is 5.02 Å². The third kappa shape index (κ3) is 6.65. The summed E-state index contributed by atoms with van der Waals surface area (Å²) in [5.74, 6) is -0.977. The average Bonchev–Trinajstić information content (AvgIpc) is 3.27. The summed E-state index contributed by atoms with van der Waals surface area (Å²) in [6.45, 7) is 3.58. The normalized spacial score (nSPS) is 17.4. The van der Waals surface area contributed by atoms with Crippen molar-refractivity contribution in [2.75, 3.05) is 20.2 Å². The first-order chi connectivity index (χ1) is 19.0. The van der Waals surface area contributed by atoms with Gasteiger partial charge in [0.1, 0.15) is 6.04 Å². The Morgan fingerprint density at radius 3 is 2.58 bits per heavy atom. The van der Waals surface area contributed by atoms with E-state index in [1.807, 2.05) is 13.8 Å². The van der Waals surface area contributed by atoms with E-state index in [1.165, 1.54) is 31.4 Å². The van der Waals surface area contributed by atoms with Crippen molar-refractivity contribution in [3.63, 3.8) is 0 Å². The fourth-order valence-electron chi connectivity index (χ4n) is 4.62. The third-order valence-electron chi connectivity index (χ3n) is 6.67. The number of nitrogens with zero attached hydrogens (tertiary/aromatic N) is 1. The zero-order chi connectivity index (χ0) is 29.0. The molecule has 40 heavy (non-hydrogen) atoms. The number of ether oxygens (including phenoxy) is 1. The lowest BCUT2D eigenvalue weighted by atomic mass is 10.0. The first kappa shape index (κ1) is 29.6. The fraction of sp³-hybridized carbons (Fsp3) is 0.393. The minimum atomic E-state index is -3.92. The molecular formula is C28H32ClN3O7S. The van der Waals surface area contributed by atoms with E-state index in [4.69, 9.17) is 20.8 Å². The van der Waals surface area contributed by atoms with Crippen LogP contribution in [0.3, 0.4) is 0 Å². The number of ketones is 1. The van der Waals surface area contributed by atoms with Crippen LogP contribution in [-0.4, -0.2) is 62.6 Å². The van der Waals surface area contributed by atoms with E-state index in [-0.39, 0.29) is 36.1 Å². The molecule has 12 heteroatoms. The molecule has 2 heterocycles. The minimum Gasteiger partial charge on any atom is -0.493 e. The number of amides is 2. The average molecular weight is 590 g/mol. The molecule has 1 fully saturated rings. The number of para-hydroxylation sites is 1. The van der Waals surface area contributed by atoms with Gasteiger partial charge in [-0.3, -0.25) is 14.4 Å². The lowest BCUT2D eigenvalue weighted by Gasteiger charge is -2.23. The number of nitrogens with one attached hydrogen (secondary N) is 2. The third-order valence-corrected chi connectivity index (χ3v) is 8.78. The van der Waals surface area contributed by atoms with E-state index in [1.54, 1.807) is 24.3 Å². The van der Waals surface area contributed by atoms with Crippen molar-refractivity contribution < 1.29 is 32.0 Å². The van der Waals surface area contributed by atoms with Crippen LogP contribution in [-0.2, 0) is 19.6 Å². The van der Waals surface area contributed by atoms with E-state index in [2.05, 4.69) is 10.6 Å². The number of rotatable bonds is 9. The predicted octanol–water partition coefficient (Wildman–Crippen LogP) is 3.78. The SMILES string of the molecule is COc1cccc2cc(C(=O)NC(CC(C)C)C(=O)N[C@H]3CCCN(S(=O)(=O)c4ccc(Cl)cc4)CC3=O)oc12. The number of hydrogen-bond acceptors (Lipinski definition) is 7. The van der Waals surface area contributed by atoms with Gasteiger partial charge in [-0.2, -0.15) is 4.31 Å². The molecule has 10 nitrogen and oxygen atoms in total. The van der Waals surface area contributed by atoms with Crippen molar-refractivity contribution in [1.82, 2.24) is 14.9 Å². The lowest BCUT2D eigenvalue weighted by Crippen LogP contribution is -2.52. The van der Waals surface area contributed by atoms with E-state index < -0.39 is 39.7 Å². The summed E-state index contributed by atoms with van der Waals surface area (Å²) >= 11 is 5.88. The van der Waals surface area contributed by atoms with Gasteiger partial charge in [0.25, 0.3) is 5.91 Å². The van der Waals surface area contributed by atoms with E-state index in [9.17, 15) is 22.8 Å². The van der Waals surface area contributed by atoms with Gasteiger partial charge in [0.2, 0.25) is 15.9 Å². The predicted molar refractivity (Wildman–Crippen MR) is 150 cm³/mol. The van der Waals surface area contributed by atoms with Crippen molar-refractivity contribution >= 4 is 50.2 Å². The molecule has 4 rings (SSSR count). The highest BCUT2D eigenvalue weighted by molar-refractivity contribution is 7.89. The van der Waals surface area contributed by atoms with Crippen LogP contribution >= 0.6 is 11.6 Å². The zero-order valence-corrected chi connectivity index (χ0v) is 24.0. The second kappa shape index (κ2) is 12.4. The number of Topliss-reactive ketones (excluding diaryl/α,β-unsaturated/α-hetero) is 1. The smallest absolute Gasteiger partial charge is 0.287 e. The molecule has 1 aliphatic heterocycles. The van der Waals surface area contributed by atoms with Gasteiger partial charge in [0.05, 0.1) is 24.6 Å². The maximum atomic E-state index is 13.3. The molecule has 2 N–H and O–H groups in total. The van der Waals surface area contributed by atoms with Crippen molar-refractivity contribution in [2.45, 2.75) is 50.1 Å². The second-order valence-corrected chi connectivity index (χ2v) is 12.5. The Labute approximate surface area is 238 Å². The molecule has 0 aliphatic carbocycles. The summed E-state index contributed by atoms with van der Waals surface area (Å²) < 4.78 is 38.3. The molecule has 1 aromatic heterocycles. The topological polar surface area (TPSA) is 135 Å². The summed E-state index contributed by atoms with van der Waals surface area (Å²) in [7, 11) is -2.42. The Bertz CT molecular complexity index is 1500. The molecule has 2 amide bonds. The quantitative estimate of drug-likeness (QED) is 0.388. The molecule has 3 aromatic rings. The van der Waals surface area contributed by atoms with Crippen molar-refractivity contribution in [3.8, 4) is 5.75 Å². The number of carbonyl (C=O) groups excluding carboxylic acids is 3. The molecule has 0 bridgehead atoms. The highest BCUT2D eigenvalue weighted by Gasteiger charge is 2.34. The monoisotopic (exact) mass is 589 g/mol. The zero-order valence-electron chi connectivity index (χ0n) is 22.5. The highest BCUT2D eigenvalue weighted by Crippen LogP contribution is 2.28. The molecule has 2 atom stereocenters. The van der Waals surface area contributed by atoms with Gasteiger partial charge in [-0.1, -0.05) is 37.6 Å². The van der Waals surface area contributed by atoms with Crippen molar-refractivity contribution in [1.29, 1.82) is 0 Å². The van der Waals surface area contributed by atoms with Gasteiger partial charge in [0.15, 0.2) is 22.9 Å². The Kier molecular flexibility index (Phi) is 9.17. The van der Waals surface area contributed by atoms with Crippen LogP contribution in [0.25, 0.3) is 11.0 Å². The molecule has 0 spiro atoms. The molecule has 1 unspecified atom stereocenters. The van der Waals surface area contributed by atoms with E-state index >= 15 is 0 Å². The Hall–Kier alpha value is -3.41. The molecule has 1 saturated heterocycles. The molecule has 214 valence electrons.